The Balaban J connectivity index is 2.18. The number of hydrogen-bond donors (Lipinski definition) is 1. The molecule has 1 unspecified atom stereocenters. The molecule has 1 aromatic heterocycles. The summed E-state index contributed by atoms with van der Waals surface area (Å²) in [6.45, 7) is 3.32. The first-order valence-corrected chi connectivity index (χ1v) is 7.98. The Kier molecular flexibility index (Phi) is 5.61. The summed E-state index contributed by atoms with van der Waals surface area (Å²) in [6, 6.07) is 7.23. The smallest absolute Gasteiger partial charge is 0.358 e. The number of para-hydroxylation sites is 1. The Hall–Kier alpha value is -2.35. The summed E-state index contributed by atoms with van der Waals surface area (Å²) >= 11 is 3.36. The molecule has 1 heterocycles. The molecule has 1 atom stereocenters. The summed E-state index contributed by atoms with van der Waals surface area (Å²) in [4.78, 5) is 24.3. The van der Waals surface area contributed by atoms with E-state index in [9.17, 15) is 9.59 Å². The van der Waals surface area contributed by atoms with Gasteiger partial charge in [-0.2, -0.15) is 5.10 Å². The molecule has 0 aliphatic rings. The van der Waals surface area contributed by atoms with Crippen LogP contribution in [0.15, 0.2) is 28.7 Å². The third-order valence-electron chi connectivity index (χ3n) is 3.36. The lowest BCUT2D eigenvalue weighted by Crippen LogP contribution is -2.31. The summed E-state index contributed by atoms with van der Waals surface area (Å²) in [7, 11) is 2.88. The van der Waals surface area contributed by atoms with E-state index in [4.69, 9.17) is 9.47 Å². The average Bonchev–Trinajstić information content (AvgIpc) is 2.82. The SMILES string of the molecule is COC(=O)c1c(NC(=O)C(C)Oc2ccccc2Br)c(C)nn1C. The number of anilines is 1. The number of carbonyl (C=O) groups is 2. The van der Waals surface area contributed by atoms with Crippen LogP contribution in [0, 0.1) is 6.92 Å². The third-order valence-corrected chi connectivity index (χ3v) is 4.01. The molecule has 2 rings (SSSR count). The van der Waals surface area contributed by atoms with Crippen molar-refractivity contribution in [1.82, 2.24) is 9.78 Å². The van der Waals surface area contributed by atoms with Crippen LogP contribution in [0.2, 0.25) is 0 Å². The predicted molar refractivity (Wildman–Crippen MR) is 92.1 cm³/mol. The van der Waals surface area contributed by atoms with Crippen molar-refractivity contribution in [3.63, 3.8) is 0 Å². The van der Waals surface area contributed by atoms with Crippen LogP contribution in [-0.2, 0) is 16.6 Å². The number of hydrogen-bond acceptors (Lipinski definition) is 5. The standard InChI is InChI=1S/C16H18BrN3O4/c1-9-13(14(16(22)23-4)20(3)19-9)18-15(21)10(2)24-12-8-6-5-7-11(12)17/h5-8,10H,1-4H3,(H,18,21). The van der Waals surface area contributed by atoms with Gasteiger partial charge in [0.05, 0.1) is 23.0 Å². The maximum absolute atomic E-state index is 12.4. The number of benzene rings is 1. The summed E-state index contributed by atoms with van der Waals surface area (Å²) in [5.74, 6) is -0.420. The van der Waals surface area contributed by atoms with E-state index < -0.39 is 18.0 Å². The van der Waals surface area contributed by atoms with Crippen molar-refractivity contribution < 1.29 is 19.1 Å². The highest BCUT2D eigenvalue weighted by molar-refractivity contribution is 9.10. The monoisotopic (exact) mass is 395 g/mol. The number of esters is 1. The summed E-state index contributed by atoms with van der Waals surface area (Å²) < 4.78 is 12.5. The first kappa shape index (κ1) is 18.0. The molecule has 0 aliphatic carbocycles. The Labute approximate surface area is 148 Å². The van der Waals surface area contributed by atoms with Crippen LogP contribution in [0.25, 0.3) is 0 Å². The molecule has 0 saturated carbocycles. The molecule has 0 bridgehead atoms. The van der Waals surface area contributed by atoms with Gasteiger partial charge in [-0.1, -0.05) is 12.1 Å². The van der Waals surface area contributed by atoms with Crippen LogP contribution in [0.3, 0.4) is 0 Å². The van der Waals surface area contributed by atoms with Gasteiger partial charge >= 0.3 is 5.97 Å². The molecule has 1 aromatic carbocycles. The van der Waals surface area contributed by atoms with Crippen molar-refractivity contribution in [1.29, 1.82) is 0 Å². The van der Waals surface area contributed by atoms with Crippen molar-refractivity contribution in [2.75, 3.05) is 12.4 Å². The molecule has 1 amide bonds. The quantitative estimate of drug-likeness (QED) is 0.786. The van der Waals surface area contributed by atoms with E-state index in [1.165, 1.54) is 11.8 Å². The van der Waals surface area contributed by atoms with Crippen LogP contribution in [-0.4, -0.2) is 34.9 Å². The van der Waals surface area contributed by atoms with Gasteiger partial charge in [0.2, 0.25) is 0 Å². The van der Waals surface area contributed by atoms with E-state index in [1.54, 1.807) is 27.0 Å². The number of ether oxygens (including phenoxy) is 2. The van der Waals surface area contributed by atoms with Gasteiger partial charge in [-0.15, -0.1) is 0 Å². The maximum Gasteiger partial charge on any atom is 0.358 e. The first-order chi connectivity index (χ1) is 11.3. The van der Waals surface area contributed by atoms with Gasteiger partial charge in [-0.05, 0) is 41.9 Å². The molecule has 0 aliphatic heterocycles. The fourth-order valence-electron chi connectivity index (χ4n) is 2.15. The van der Waals surface area contributed by atoms with E-state index in [2.05, 4.69) is 26.3 Å². The van der Waals surface area contributed by atoms with E-state index >= 15 is 0 Å². The second-order valence-electron chi connectivity index (χ2n) is 5.10. The lowest BCUT2D eigenvalue weighted by atomic mass is 10.2. The molecular formula is C16H18BrN3O4. The predicted octanol–water partition coefficient (Wildman–Crippen LogP) is 2.68. The van der Waals surface area contributed by atoms with Crippen molar-refractivity contribution in [3.8, 4) is 5.75 Å². The maximum atomic E-state index is 12.4. The molecule has 0 spiro atoms. The Morgan fingerprint density at radius 3 is 2.62 bits per heavy atom. The van der Waals surface area contributed by atoms with Gasteiger partial charge in [0, 0.05) is 7.05 Å². The molecule has 0 fully saturated rings. The van der Waals surface area contributed by atoms with Gasteiger partial charge in [-0.3, -0.25) is 9.48 Å². The van der Waals surface area contributed by atoms with Crippen LogP contribution in [0.4, 0.5) is 5.69 Å². The highest BCUT2D eigenvalue weighted by atomic mass is 79.9. The minimum Gasteiger partial charge on any atom is -0.480 e. The van der Waals surface area contributed by atoms with Crippen molar-refractivity contribution in [2.24, 2.45) is 7.05 Å². The van der Waals surface area contributed by atoms with E-state index in [1.807, 2.05) is 18.2 Å². The van der Waals surface area contributed by atoms with Gasteiger partial charge in [0.1, 0.15) is 5.75 Å². The Bertz CT molecular complexity index is 773. The normalized spacial score (nSPS) is 11.7. The van der Waals surface area contributed by atoms with Crippen LogP contribution >= 0.6 is 15.9 Å². The minimum atomic E-state index is -0.770. The molecule has 7 nitrogen and oxygen atoms in total. The van der Waals surface area contributed by atoms with Crippen LogP contribution < -0.4 is 10.1 Å². The van der Waals surface area contributed by atoms with Crippen molar-refractivity contribution in [3.05, 3.63) is 40.1 Å². The Morgan fingerprint density at radius 1 is 1.33 bits per heavy atom. The van der Waals surface area contributed by atoms with E-state index in [-0.39, 0.29) is 5.69 Å². The molecular weight excluding hydrogens is 378 g/mol. The lowest BCUT2D eigenvalue weighted by Gasteiger charge is -2.16. The first-order valence-electron chi connectivity index (χ1n) is 7.19. The molecule has 8 heteroatoms. The fourth-order valence-corrected chi connectivity index (χ4v) is 2.53. The zero-order chi connectivity index (χ0) is 17.9. The molecule has 128 valence electrons. The highest BCUT2D eigenvalue weighted by Crippen LogP contribution is 2.26. The van der Waals surface area contributed by atoms with Gasteiger partial charge in [0.15, 0.2) is 11.8 Å². The topological polar surface area (TPSA) is 82.4 Å². The van der Waals surface area contributed by atoms with E-state index in [0.29, 0.717) is 17.1 Å². The van der Waals surface area contributed by atoms with Crippen LogP contribution in [0.1, 0.15) is 23.1 Å². The Morgan fingerprint density at radius 2 is 2.00 bits per heavy atom. The molecule has 0 radical (unpaired) electrons. The van der Waals surface area contributed by atoms with Gasteiger partial charge < -0.3 is 14.8 Å². The second kappa shape index (κ2) is 7.48. The number of amides is 1. The molecule has 2 aromatic rings. The largest absolute Gasteiger partial charge is 0.480 e. The highest BCUT2D eigenvalue weighted by Gasteiger charge is 2.25. The average molecular weight is 396 g/mol. The fraction of sp³-hybridized carbons (Fsp3) is 0.312. The minimum absolute atomic E-state index is 0.177. The lowest BCUT2D eigenvalue weighted by molar-refractivity contribution is -0.122. The number of aryl methyl sites for hydroxylation is 2. The number of halogens is 1. The zero-order valence-corrected chi connectivity index (χ0v) is 15.4. The number of nitrogens with zero attached hydrogens (tertiary/aromatic N) is 2. The zero-order valence-electron chi connectivity index (χ0n) is 13.8. The van der Waals surface area contributed by atoms with Crippen molar-refractivity contribution in [2.45, 2.75) is 20.0 Å². The summed E-state index contributed by atoms with van der Waals surface area (Å²) in [5, 5.41) is 6.83. The van der Waals surface area contributed by atoms with Crippen LogP contribution in [0.5, 0.6) is 5.75 Å². The van der Waals surface area contributed by atoms with Crippen molar-refractivity contribution >= 4 is 33.5 Å². The second-order valence-corrected chi connectivity index (χ2v) is 5.96. The molecule has 24 heavy (non-hydrogen) atoms. The van der Waals surface area contributed by atoms with E-state index in [0.717, 1.165) is 4.47 Å². The third kappa shape index (κ3) is 3.76. The number of carbonyl (C=O) groups excluding carboxylic acids is 2. The summed E-state index contributed by atoms with van der Waals surface area (Å²) in [5.41, 5.74) is 1.01. The number of aromatic nitrogens is 2. The number of rotatable bonds is 5. The summed E-state index contributed by atoms with van der Waals surface area (Å²) in [6.07, 6.45) is -0.770. The molecule has 1 N–H and O–H groups in total. The van der Waals surface area contributed by atoms with Gasteiger partial charge in [0.25, 0.3) is 5.91 Å². The number of methoxy groups -OCH3 is 1. The molecule has 0 saturated heterocycles. The number of nitrogens with one attached hydrogen (secondary N) is 1. The van der Waals surface area contributed by atoms with Gasteiger partial charge in [-0.25, -0.2) is 4.79 Å².